The van der Waals surface area contributed by atoms with Crippen LogP contribution in [0, 0.1) is 12.7 Å². The number of hydrogen-bond acceptors (Lipinski definition) is 4. The molecule has 7 heteroatoms. The van der Waals surface area contributed by atoms with Gasteiger partial charge in [-0.1, -0.05) is 36.4 Å². The van der Waals surface area contributed by atoms with Crippen LogP contribution in [0.25, 0.3) is 11.1 Å². The molecule has 1 atom stereocenters. The highest BCUT2D eigenvalue weighted by molar-refractivity contribution is 7.92. The van der Waals surface area contributed by atoms with E-state index < -0.39 is 10.0 Å². The molecule has 1 unspecified atom stereocenters. The third kappa shape index (κ3) is 4.82. The summed E-state index contributed by atoms with van der Waals surface area (Å²) in [5.41, 5.74) is 2.99. The van der Waals surface area contributed by atoms with Gasteiger partial charge in [0.1, 0.15) is 5.82 Å². The van der Waals surface area contributed by atoms with Crippen LogP contribution in [0.5, 0.6) is 0 Å². The van der Waals surface area contributed by atoms with Gasteiger partial charge in [-0.15, -0.1) is 0 Å². The van der Waals surface area contributed by atoms with Crippen LogP contribution in [0.3, 0.4) is 0 Å². The molecule has 0 aliphatic rings. The summed E-state index contributed by atoms with van der Waals surface area (Å²) < 4.78 is 42.2. The molecule has 0 saturated carbocycles. The van der Waals surface area contributed by atoms with Gasteiger partial charge in [-0.3, -0.25) is 4.72 Å². The van der Waals surface area contributed by atoms with Crippen LogP contribution in [0.2, 0.25) is 0 Å². The summed E-state index contributed by atoms with van der Waals surface area (Å²) >= 11 is 0. The summed E-state index contributed by atoms with van der Waals surface area (Å²) in [6.07, 6.45) is 0. The fourth-order valence-corrected chi connectivity index (χ4v) is 4.11. The van der Waals surface area contributed by atoms with Crippen LogP contribution in [0.1, 0.15) is 17.2 Å². The van der Waals surface area contributed by atoms with Gasteiger partial charge in [-0.05, 0) is 61.0 Å². The van der Waals surface area contributed by atoms with Crippen LogP contribution in [0.15, 0.2) is 71.6 Å². The number of hydrogen-bond donors (Lipinski definition) is 3. The summed E-state index contributed by atoms with van der Waals surface area (Å²) in [7, 11) is -2.09. The minimum Gasteiger partial charge on any atom is -0.394 e. The van der Waals surface area contributed by atoms with Crippen molar-refractivity contribution >= 4 is 15.7 Å². The lowest BCUT2D eigenvalue weighted by Crippen LogP contribution is -2.20. The van der Waals surface area contributed by atoms with Crippen molar-refractivity contribution in [2.45, 2.75) is 17.9 Å². The number of aliphatic hydroxyl groups is 1. The Morgan fingerprint density at radius 1 is 1.03 bits per heavy atom. The molecular weight excluding hydrogens is 391 g/mol. The topological polar surface area (TPSA) is 78.4 Å². The first-order chi connectivity index (χ1) is 13.8. The van der Waals surface area contributed by atoms with E-state index >= 15 is 0 Å². The molecule has 29 heavy (non-hydrogen) atoms. The average molecular weight is 415 g/mol. The summed E-state index contributed by atoms with van der Waals surface area (Å²) in [4.78, 5) is 0.0755. The second-order valence-corrected chi connectivity index (χ2v) is 8.44. The van der Waals surface area contributed by atoms with Gasteiger partial charge in [0, 0.05) is 11.3 Å². The number of benzene rings is 3. The molecule has 0 radical (unpaired) electrons. The van der Waals surface area contributed by atoms with E-state index in [1.807, 2.05) is 13.0 Å². The summed E-state index contributed by atoms with van der Waals surface area (Å²) in [5, 5.41) is 12.4. The second kappa shape index (κ2) is 8.73. The van der Waals surface area contributed by atoms with Crippen molar-refractivity contribution in [1.82, 2.24) is 5.32 Å². The lowest BCUT2D eigenvalue weighted by Gasteiger charge is -2.15. The molecule has 5 nitrogen and oxygen atoms in total. The van der Waals surface area contributed by atoms with E-state index in [2.05, 4.69) is 10.0 Å². The predicted molar refractivity (Wildman–Crippen MR) is 113 cm³/mol. The number of halogens is 1. The van der Waals surface area contributed by atoms with Crippen molar-refractivity contribution in [2.75, 3.05) is 18.4 Å². The van der Waals surface area contributed by atoms with Gasteiger partial charge in [-0.25, -0.2) is 12.8 Å². The van der Waals surface area contributed by atoms with Gasteiger partial charge in [0.15, 0.2) is 0 Å². The van der Waals surface area contributed by atoms with Crippen LogP contribution < -0.4 is 10.0 Å². The third-order valence-corrected chi connectivity index (χ3v) is 6.07. The molecule has 0 aliphatic heterocycles. The molecule has 3 aromatic rings. The Hall–Kier alpha value is -2.74. The number of aliphatic hydroxyl groups excluding tert-OH is 1. The number of likely N-dealkylation sites (N-methyl/N-ethyl adjacent to an activating group) is 1. The normalized spacial score (nSPS) is 12.6. The summed E-state index contributed by atoms with van der Waals surface area (Å²) in [5.74, 6) is -0.349. The molecule has 3 aromatic carbocycles. The van der Waals surface area contributed by atoms with E-state index in [4.69, 9.17) is 0 Å². The molecule has 152 valence electrons. The standard InChI is InChI=1S/C22H23FN2O3S/c1-15-6-11-20(21(23)12-15)16-7-9-19(10-8-16)29(27,28)25-18-5-3-4-17(13-18)22(14-26)24-2/h3-13,22,24-26H,14H2,1-2H3. The van der Waals surface area contributed by atoms with Crippen molar-refractivity contribution in [3.63, 3.8) is 0 Å². The van der Waals surface area contributed by atoms with Crippen molar-refractivity contribution in [1.29, 1.82) is 0 Å². The van der Waals surface area contributed by atoms with Gasteiger partial charge < -0.3 is 10.4 Å². The Morgan fingerprint density at radius 3 is 2.38 bits per heavy atom. The Bertz CT molecular complexity index is 1100. The number of sulfonamides is 1. The van der Waals surface area contributed by atoms with Crippen LogP contribution in [-0.4, -0.2) is 27.2 Å². The Labute approximate surface area is 170 Å². The SMILES string of the molecule is CNC(CO)c1cccc(NS(=O)(=O)c2ccc(-c3ccc(C)cc3F)cc2)c1. The maximum atomic E-state index is 14.2. The number of anilines is 1. The first kappa shape index (κ1) is 21.0. The fraction of sp³-hybridized carbons (Fsp3) is 0.182. The smallest absolute Gasteiger partial charge is 0.261 e. The number of nitrogens with one attached hydrogen (secondary N) is 2. The molecular formula is C22H23FN2O3S. The molecule has 0 heterocycles. The fourth-order valence-electron chi connectivity index (χ4n) is 3.06. The Kier molecular flexibility index (Phi) is 6.32. The molecule has 0 amide bonds. The van der Waals surface area contributed by atoms with Gasteiger partial charge in [0.05, 0.1) is 17.5 Å². The lowest BCUT2D eigenvalue weighted by atomic mass is 10.0. The van der Waals surface area contributed by atoms with Gasteiger partial charge in [-0.2, -0.15) is 0 Å². The minimum atomic E-state index is -3.81. The maximum Gasteiger partial charge on any atom is 0.261 e. The number of rotatable bonds is 7. The lowest BCUT2D eigenvalue weighted by molar-refractivity contribution is 0.251. The van der Waals surface area contributed by atoms with Gasteiger partial charge in [0.25, 0.3) is 10.0 Å². The summed E-state index contributed by atoms with van der Waals surface area (Å²) in [6.45, 7) is 1.70. The van der Waals surface area contributed by atoms with Crippen LogP contribution in [0.4, 0.5) is 10.1 Å². The minimum absolute atomic E-state index is 0.0755. The van der Waals surface area contributed by atoms with Crippen molar-refractivity contribution in [2.24, 2.45) is 0 Å². The largest absolute Gasteiger partial charge is 0.394 e. The van der Waals surface area contributed by atoms with E-state index in [1.54, 1.807) is 49.5 Å². The molecule has 0 spiro atoms. The highest BCUT2D eigenvalue weighted by atomic mass is 32.2. The van der Waals surface area contributed by atoms with Crippen LogP contribution >= 0.6 is 0 Å². The van der Waals surface area contributed by atoms with E-state index in [0.717, 1.165) is 11.1 Å². The highest BCUT2D eigenvalue weighted by Gasteiger charge is 2.16. The predicted octanol–water partition coefficient (Wildman–Crippen LogP) is 3.85. The Balaban J connectivity index is 1.84. The second-order valence-electron chi connectivity index (χ2n) is 6.76. The van der Waals surface area contributed by atoms with Crippen molar-refractivity contribution < 1.29 is 17.9 Å². The van der Waals surface area contributed by atoms with Crippen molar-refractivity contribution in [3.8, 4) is 11.1 Å². The highest BCUT2D eigenvalue weighted by Crippen LogP contribution is 2.26. The molecule has 0 bridgehead atoms. The zero-order valence-corrected chi connectivity index (χ0v) is 17.0. The molecule has 0 saturated heterocycles. The quantitative estimate of drug-likeness (QED) is 0.549. The van der Waals surface area contributed by atoms with Gasteiger partial charge >= 0.3 is 0 Å². The van der Waals surface area contributed by atoms with Gasteiger partial charge in [0.2, 0.25) is 0 Å². The molecule has 0 aliphatic carbocycles. The van der Waals surface area contributed by atoms with E-state index in [0.29, 0.717) is 16.8 Å². The summed E-state index contributed by atoms with van der Waals surface area (Å²) in [6, 6.07) is 17.5. The monoisotopic (exact) mass is 414 g/mol. The number of aryl methyl sites for hydroxylation is 1. The molecule has 3 rings (SSSR count). The van der Waals surface area contributed by atoms with E-state index in [1.165, 1.54) is 18.2 Å². The van der Waals surface area contributed by atoms with Crippen LogP contribution in [-0.2, 0) is 10.0 Å². The first-order valence-corrected chi connectivity index (χ1v) is 10.6. The Morgan fingerprint density at radius 2 is 1.76 bits per heavy atom. The first-order valence-electron chi connectivity index (χ1n) is 9.11. The van der Waals surface area contributed by atoms with Crippen molar-refractivity contribution in [3.05, 3.63) is 83.7 Å². The zero-order valence-electron chi connectivity index (χ0n) is 16.2. The van der Waals surface area contributed by atoms with E-state index in [9.17, 15) is 17.9 Å². The molecule has 3 N–H and O–H groups in total. The molecule has 0 fully saturated rings. The zero-order chi connectivity index (χ0) is 21.0. The average Bonchev–Trinajstić information content (AvgIpc) is 2.69. The molecule has 0 aromatic heterocycles. The van der Waals surface area contributed by atoms with E-state index in [-0.39, 0.29) is 23.4 Å². The third-order valence-electron chi connectivity index (χ3n) is 4.67. The maximum absolute atomic E-state index is 14.2.